The maximum atomic E-state index is 5.18. The van der Waals surface area contributed by atoms with E-state index in [4.69, 9.17) is 5.84 Å². The van der Waals surface area contributed by atoms with Crippen LogP contribution in [0.5, 0.6) is 0 Å². The summed E-state index contributed by atoms with van der Waals surface area (Å²) in [6.07, 6.45) is 5.26. The topological polar surface area (TPSA) is 38.0 Å². The van der Waals surface area contributed by atoms with Crippen molar-refractivity contribution < 1.29 is 0 Å². The second kappa shape index (κ2) is 6.62. The molecule has 58 valence electrons. The average molecular weight is 173 g/mol. The van der Waals surface area contributed by atoms with Gasteiger partial charge in [0.05, 0.1) is 0 Å². The van der Waals surface area contributed by atoms with Gasteiger partial charge in [0.25, 0.3) is 0 Å². The third-order valence-corrected chi connectivity index (χ3v) is 1.59. The van der Waals surface area contributed by atoms with Gasteiger partial charge in [-0.05, 0) is 12.8 Å². The summed E-state index contributed by atoms with van der Waals surface area (Å²) in [6.45, 7) is 0. The number of halogens is 2. The normalized spacial score (nSPS) is 18.3. The van der Waals surface area contributed by atoms with E-state index in [1.165, 1.54) is 25.7 Å². The van der Waals surface area contributed by atoms with Gasteiger partial charge in [0.15, 0.2) is 0 Å². The Morgan fingerprint density at radius 3 is 1.78 bits per heavy atom. The predicted molar refractivity (Wildman–Crippen MR) is 44.1 cm³/mol. The van der Waals surface area contributed by atoms with Crippen molar-refractivity contribution in [3.63, 3.8) is 0 Å². The third kappa shape index (κ3) is 3.98. The molecule has 0 spiro atoms. The molecule has 1 rings (SSSR count). The van der Waals surface area contributed by atoms with Crippen LogP contribution in [0.3, 0.4) is 0 Å². The van der Waals surface area contributed by atoms with Crippen molar-refractivity contribution >= 4 is 24.8 Å². The van der Waals surface area contributed by atoms with Crippen molar-refractivity contribution in [2.24, 2.45) is 5.84 Å². The maximum Gasteiger partial charge on any atom is 0.0210 e. The van der Waals surface area contributed by atoms with Gasteiger partial charge in [0.2, 0.25) is 0 Å². The lowest BCUT2D eigenvalue weighted by molar-refractivity contribution is 0.544. The molecule has 0 aromatic heterocycles. The first-order chi connectivity index (χ1) is 3.43. The first-order valence-electron chi connectivity index (χ1n) is 2.89. The molecule has 0 aliphatic heterocycles. The quantitative estimate of drug-likeness (QED) is 0.462. The van der Waals surface area contributed by atoms with E-state index in [-0.39, 0.29) is 24.8 Å². The molecule has 0 amide bonds. The summed E-state index contributed by atoms with van der Waals surface area (Å²) in [6, 6.07) is 0.625. The van der Waals surface area contributed by atoms with Crippen LogP contribution in [-0.4, -0.2) is 6.04 Å². The molecule has 0 heterocycles. The third-order valence-electron chi connectivity index (χ3n) is 1.59. The summed E-state index contributed by atoms with van der Waals surface area (Å²) in [4.78, 5) is 0. The predicted octanol–water partition coefficient (Wildman–Crippen LogP) is 1.24. The Morgan fingerprint density at radius 2 is 1.56 bits per heavy atom. The fourth-order valence-corrected chi connectivity index (χ4v) is 1.09. The number of hydrogen-bond acceptors (Lipinski definition) is 2. The van der Waals surface area contributed by atoms with E-state index in [9.17, 15) is 0 Å². The molecule has 0 unspecified atom stereocenters. The number of hydrogen-bond donors (Lipinski definition) is 2. The largest absolute Gasteiger partial charge is 0.271 e. The van der Waals surface area contributed by atoms with Crippen molar-refractivity contribution in [3.8, 4) is 0 Å². The molecule has 1 fully saturated rings. The van der Waals surface area contributed by atoms with E-state index in [1.54, 1.807) is 0 Å². The lowest BCUT2D eigenvalue weighted by Gasteiger charge is -2.02. The van der Waals surface area contributed by atoms with E-state index < -0.39 is 0 Å². The minimum absolute atomic E-state index is 0. The summed E-state index contributed by atoms with van der Waals surface area (Å²) >= 11 is 0. The van der Waals surface area contributed by atoms with Crippen LogP contribution in [0.2, 0.25) is 0 Å². The van der Waals surface area contributed by atoms with E-state index in [2.05, 4.69) is 5.43 Å². The molecule has 1 aliphatic rings. The molecule has 2 nitrogen and oxygen atoms in total. The molecule has 0 aromatic rings. The Bertz CT molecular complexity index is 54.9. The summed E-state index contributed by atoms with van der Waals surface area (Å²) in [5.41, 5.74) is 2.76. The zero-order valence-corrected chi connectivity index (χ0v) is 6.93. The lowest BCUT2D eigenvalue weighted by atomic mass is 10.3. The van der Waals surface area contributed by atoms with E-state index in [0.29, 0.717) is 6.04 Å². The first-order valence-corrected chi connectivity index (χ1v) is 2.89. The van der Waals surface area contributed by atoms with Crippen LogP contribution in [-0.2, 0) is 0 Å². The highest BCUT2D eigenvalue weighted by Crippen LogP contribution is 2.16. The minimum atomic E-state index is 0. The highest BCUT2D eigenvalue weighted by molar-refractivity contribution is 5.85. The van der Waals surface area contributed by atoms with Gasteiger partial charge in [-0.15, -0.1) is 24.8 Å². The van der Waals surface area contributed by atoms with Gasteiger partial charge in [0, 0.05) is 6.04 Å². The molecule has 4 heteroatoms. The molecule has 9 heavy (non-hydrogen) atoms. The van der Waals surface area contributed by atoms with Gasteiger partial charge in [-0.2, -0.15) is 0 Å². The van der Waals surface area contributed by atoms with Crippen molar-refractivity contribution in [2.75, 3.05) is 0 Å². The number of hydrazine groups is 1. The lowest BCUT2D eigenvalue weighted by Crippen LogP contribution is -2.32. The Kier molecular flexibility index (Phi) is 8.97. The van der Waals surface area contributed by atoms with Gasteiger partial charge >= 0.3 is 0 Å². The van der Waals surface area contributed by atoms with Gasteiger partial charge < -0.3 is 0 Å². The van der Waals surface area contributed by atoms with Crippen LogP contribution < -0.4 is 11.3 Å². The zero-order valence-electron chi connectivity index (χ0n) is 5.30. The first kappa shape index (κ1) is 12.2. The molecule has 0 bridgehead atoms. The molecule has 0 radical (unpaired) electrons. The Hall–Kier alpha value is 0.500. The standard InChI is InChI=1S/C5H12N2.2ClH/c6-7-5-3-1-2-4-5;;/h5,7H,1-4,6H2;2*1H. The number of rotatable bonds is 1. The molecule has 0 saturated heterocycles. The van der Waals surface area contributed by atoms with E-state index in [0.717, 1.165) is 0 Å². The van der Waals surface area contributed by atoms with Crippen LogP contribution in [0.15, 0.2) is 0 Å². The fraction of sp³-hybridized carbons (Fsp3) is 1.00. The summed E-state index contributed by atoms with van der Waals surface area (Å²) in [7, 11) is 0. The van der Waals surface area contributed by atoms with Crippen molar-refractivity contribution in [2.45, 2.75) is 31.7 Å². The molecule has 0 aromatic carbocycles. The van der Waals surface area contributed by atoms with Gasteiger partial charge in [0.1, 0.15) is 0 Å². The SMILES string of the molecule is Cl.Cl.NNC1CCCC1. The molecule has 1 saturated carbocycles. The van der Waals surface area contributed by atoms with Gasteiger partial charge in [-0.1, -0.05) is 12.8 Å². The Labute approximate surface area is 68.4 Å². The maximum absolute atomic E-state index is 5.18. The second-order valence-electron chi connectivity index (χ2n) is 2.15. The summed E-state index contributed by atoms with van der Waals surface area (Å²) < 4.78 is 0. The van der Waals surface area contributed by atoms with Crippen molar-refractivity contribution in [1.29, 1.82) is 0 Å². The van der Waals surface area contributed by atoms with E-state index >= 15 is 0 Å². The minimum Gasteiger partial charge on any atom is -0.271 e. The highest BCUT2D eigenvalue weighted by atomic mass is 35.5. The second-order valence-corrected chi connectivity index (χ2v) is 2.15. The van der Waals surface area contributed by atoms with Crippen LogP contribution in [0.4, 0.5) is 0 Å². The monoisotopic (exact) mass is 172 g/mol. The van der Waals surface area contributed by atoms with Gasteiger partial charge in [-0.25, -0.2) is 0 Å². The van der Waals surface area contributed by atoms with Gasteiger partial charge in [-0.3, -0.25) is 11.3 Å². The number of nitrogens with one attached hydrogen (secondary N) is 1. The number of nitrogens with two attached hydrogens (primary N) is 1. The molecular formula is C5H14Cl2N2. The van der Waals surface area contributed by atoms with E-state index in [1.807, 2.05) is 0 Å². The Morgan fingerprint density at radius 1 is 1.11 bits per heavy atom. The van der Waals surface area contributed by atoms with Crippen molar-refractivity contribution in [3.05, 3.63) is 0 Å². The molecular weight excluding hydrogens is 159 g/mol. The summed E-state index contributed by atoms with van der Waals surface area (Å²) in [5, 5.41) is 0. The van der Waals surface area contributed by atoms with Crippen LogP contribution >= 0.6 is 24.8 Å². The molecule has 1 aliphatic carbocycles. The van der Waals surface area contributed by atoms with Crippen LogP contribution in [0.25, 0.3) is 0 Å². The molecule has 0 atom stereocenters. The molecule has 3 N–H and O–H groups in total. The highest BCUT2D eigenvalue weighted by Gasteiger charge is 2.11. The average Bonchev–Trinajstić information content (AvgIpc) is 2.14. The fourth-order valence-electron chi connectivity index (χ4n) is 1.09. The van der Waals surface area contributed by atoms with Crippen molar-refractivity contribution in [1.82, 2.24) is 5.43 Å². The zero-order chi connectivity index (χ0) is 5.11. The summed E-state index contributed by atoms with van der Waals surface area (Å²) in [5.74, 6) is 5.18. The Balaban J connectivity index is 0. The van der Waals surface area contributed by atoms with Crippen LogP contribution in [0.1, 0.15) is 25.7 Å². The smallest absolute Gasteiger partial charge is 0.0210 e. The van der Waals surface area contributed by atoms with Crippen LogP contribution in [0, 0.1) is 0 Å².